The van der Waals surface area contributed by atoms with Crippen molar-refractivity contribution in [1.82, 2.24) is 0 Å². The number of hydrogen-bond donors (Lipinski definition) is 2. The maximum Gasteiger partial charge on any atom is 0.323 e. The minimum absolute atomic E-state index is 0.0257. The van der Waals surface area contributed by atoms with Gasteiger partial charge in [-0.25, -0.2) is 4.79 Å². The van der Waals surface area contributed by atoms with Crippen molar-refractivity contribution < 1.29 is 28.5 Å². The molecule has 2 aromatic rings. The molecule has 0 aliphatic carbocycles. The van der Waals surface area contributed by atoms with Gasteiger partial charge < -0.3 is 34.5 Å². The van der Waals surface area contributed by atoms with Crippen LogP contribution in [0.5, 0.6) is 23.0 Å². The number of rotatable bonds is 8. The molecule has 0 atom stereocenters. The second-order valence-electron chi connectivity index (χ2n) is 9.49. The van der Waals surface area contributed by atoms with Gasteiger partial charge in [0.2, 0.25) is 11.7 Å². The molecule has 1 aliphatic heterocycles. The van der Waals surface area contributed by atoms with Gasteiger partial charge in [0, 0.05) is 30.4 Å². The molecule has 0 radical (unpaired) electrons. The Balaban J connectivity index is 1.81. The van der Waals surface area contributed by atoms with Gasteiger partial charge in [0.15, 0.2) is 11.5 Å². The van der Waals surface area contributed by atoms with Crippen LogP contribution in [0.1, 0.15) is 34.1 Å². The number of amides is 3. The summed E-state index contributed by atoms with van der Waals surface area (Å²) >= 11 is 0. The third kappa shape index (κ3) is 5.90. The van der Waals surface area contributed by atoms with E-state index in [1.165, 1.54) is 21.3 Å². The largest absolute Gasteiger partial charge is 0.493 e. The van der Waals surface area contributed by atoms with Gasteiger partial charge in [-0.2, -0.15) is 0 Å². The number of benzene rings is 2. The zero-order valence-corrected chi connectivity index (χ0v) is 21.5. The lowest BCUT2D eigenvalue weighted by molar-refractivity contribution is -0.127. The predicted molar refractivity (Wildman–Crippen MR) is 136 cm³/mol. The van der Waals surface area contributed by atoms with Gasteiger partial charge in [0.1, 0.15) is 12.4 Å². The Morgan fingerprint density at radius 1 is 1.03 bits per heavy atom. The normalized spacial score (nSPS) is 14.5. The average molecular weight is 486 g/mol. The topological polar surface area (TPSA) is 98.4 Å². The second kappa shape index (κ2) is 10.8. The third-order valence-electron chi connectivity index (χ3n) is 5.77. The number of hydrogen-bond acceptors (Lipinski definition) is 6. The molecule has 0 fully saturated rings. The molecular weight excluding hydrogens is 450 g/mol. The lowest BCUT2D eigenvalue weighted by Gasteiger charge is -2.28. The summed E-state index contributed by atoms with van der Waals surface area (Å²) in [6.07, 6.45) is 0.873. The molecule has 0 unspecified atom stereocenters. The van der Waals surface area contributed by atoms with Crippen LogP contribution in [-0.4, -0.2) is 46.4 Å². The van der Waals surface area contributed by atoms with Crippen LogP contribution >= 0.6 is 0 Å². The summed E-state index contributed by atoms with van der Waals surface area (Å²) in [7, 11) is 4.53. The van der Waals surface area contributed by atoms with E-state index < -0.39 is 11.4 Å². The number of nitrogens with one attached hydrogen (secondary N) is 2. The Kier molecular flexibility index (Phi) is 7.99. The number of fused-ring (bicyclic) bond motifs is 1. The van der Waals surface area contributed by atoms with Gasteiger partial charge in [0.25, 0.3) is 0 Å². The van der Waals surface area contributed by atoms with Gasteiger partial charge in [-0.3, -0.25) is 4.79 Å². The van der Waals surface area contributed by atoms with Crippen molar-refractivity contribution in [2.24, 2.45) is 11.3 Å². The molecule has 35 heavy (non-hydrogen) atoms. The van der Waals surface area contributed by atoms with Crippen LogP contribution < -0.4 is 34.5 Å². The molecule has 3 rings (SSSR count). The van der Waals surface area contributed by atoms with E-state index in [0.29, 0.717) is 52.5 Å². The van der Waals surface area contributed by atoms with E-state index in [-0.39, 0.29) is 12.5 Å². The van der Waals surface area contributed by atoms with E-state index in [1.807, 2.05) is 19.9 Å². The van der Waals surface area contributed by atoms with Crippen molar-refractivity contribution in [3.05, 3.63) is 30.3 Å². The maximum atomic E-state index is 13.2. The van der Waals surface area contributed by atoms with Gasteiger partial charge in [0.05, 0.1) is 38.1 Å². The lowest BCUT2D eigenvalue weighted by Crippen LogP contribution is -2.42. The van der Waals surface area contributed by atoms with Crippen LogP contribution in [0, 0.1) is 11.3 Å². The Bertz CT molecular complexity index is 1060. The monoisotopic (exact) mass is 485 g/mol. The van der Waals surface area contributed by atoms with E-state index >= 15 is 0 Å². The molecule has 0 saturated carbocycles. The van der Waals surface area contributed by atoms with Crippen LogP contribution in [-0.2, 0) is 4.79 Å². The number of carbonyl (C=O) groups excluding carboxylic acids is 2. The highest BCUT2D eigenvalue weighted by atomic mass is 16.5. The Morgan fingerprint density at radius 3 is 2.23 bits per heavy atom. The lowest BCUT2D eigenvalue weighted by atomic mass is 9.92. The summed E-state index contributed by atoms with van der Waals surface area (Å²) in [5.41, 5.74) is 1.05. The van der Waals surface area contributed by atoms with Crippen LogP contribution in [0.4, 0.5) is 21.9 Å². The quantitative estimate of drug-likeness (QED) is 0.536. The highest BCUT2D eigenvalue weighted by Crippen LogP contribution is 2.40. The van der Waals surface area contributed by atoms with Crippen molar-refractivity contribution in [2.75, 3.05) is 50.0 Å². The highest BCUT2D eigenvalue weighted by Gasteiger charge is 2.37. The highest BCUT2D eigenvalue weighted by molar-refractivity contribution is 6.02. The minimum atomic E-state index is -0.659. The van der Waals surface area contributed by atoms with Gasteiger partial charge >= 0.3 is 6.03 Å². The first-order chi connectivity index (χ1) is 16.6. The zero-order valence-electron chi connectivity index (χ0n) is 21.5. The fourth-order valence-electron chi connectivity index (χ4n) is 3.78. The number of nitrogens with zero attached hydrogens (tertiary/aromatic N) is 1. The Labute approximate surface area is 206 Å². The van der Waals surface area contributed by atoms with Crippen molar-refractivity contribution in [2.45, 2.75) is 34.1 Å². The van der Waals surface area contributed by atoms with Crippen molar-refractivity contribution in [3.8, 4) is 23.0 Å². The van der Waals surface area contributed by atoms with Crippen molar-refractivity contribution in [3.63, 3.8) is 0 Å². The first kappa shape index (κ1) is 26.0. The van der Waals surface area contributed by atoms with Crippen molar-refractivity contribution >= 4 is 29.0 Å². The molecule has 3 amide bonds. The van der Waals surface area contributed by atoms with Gasteiger partial charge in [-0.1, -0.05) is 13.8 Å². The smallest absolute Gasteiger partial charge is 0.323 e. The fraction of sp³-hybridized carbons (Fsp3) is 0.462. The first-order valence-electron chi connectivity index (χ1n) is 11.6. The van der Waals surface area contributed by atoms with Gasteiger partial charge in [-0.15, -0.1) is 0 Å². The summed E-state index contributed by atoms with van der Waals surface area (Å²) in [4.78, 5) is 27.7. The van der Waals surface area contributed by atoms with E-state index in [0.717, 1.165) is 6.42 Å². The average Bonchev–Trinajstić information content (AvgIpc) is 2.91. The van der Waals surface area contributed by atoms with E-state index in [1.54, 1.807) is 29.2 Å². The second-order valence-corrected chi connectivity index (χ2v) is 9.49. The molecule has 0 aromatic heterocycles. The third-order valence-corrected chi connectivity index (χ3v) is 5.77. The molecule has 9 nitrogen and oxygen atoms in total. The molecule has 0 bridgehead atoms. The molecule has 0 saturated heterocycles. The molecule has 2 N–H and O–H groups in total. The number of anilines is 3. The predicted octanol–water partition coefficient (Wildman–Crippen LogP) is 5.15. The summed E-state index contributed by atoms with van der Waals surface area (Å²) < 4.78 is 22.0. The maximum absolute atomic E-state index is 13.2. The molecule has 1 aliphatic rings. The van der Waals surface area contributed by atoms with Crippen LogP contribution in [0.25, 0.3) is 0 Å². The molecule has 1 heterocycles. The van der Waals surface area contributed by atoms with E-state index in [2.05, 4.69) is 24.5 Å². The van der Waals surface area contributed by atoms with Crippen molar-refractivity contribution in [1.29, 1.82) is 0 Å². The van der Waals surface area contributed by atoms with Gasteiger partial charge in [-0.05, 0) is 38.3 Å². The Hall–Kier alpha value is -3.62. The molecular formula is C26H35N3O6. The summed E-state index contributed by atoms with van der Waals surface area (Å²) in [6.45, 7) is 8.87. The first-order valence-corrected chi connectivity index (χ1v) is 11.6. The molecule has 0 spiro atoms. The summed E-state index contributed by atoms with van der Waals surface area (Å²) in [6, 6.07) is 8.12. The van der Waals surface area contributed by atoms with Crippen LogP contribution in [0.2, 0.25) is 0 Å². The standard InChI is InChI=1S/C26H35N3O6/c1-16(2)10-11-29-19-9-8-17(12-20(19)35-15-26(3,4)24(29)30)27-25(31)28-18-13-21(32-5)23(34-7)22(14-18)33-6/h8-9,12-14,16H,10-11,15H2,1-7H3,(H2,27,28,31). The number of ether oxygens (including phenoxy) is 4. The van der Waals surface area contributed by atoms with E-state index in [9.17, 15) is 9.59 Å². The van der Waals surface area contributed by atoms with E-state index in [4.69, 9.17) is 18.9 Å². The van der Waals surface area contributed by atoms with Crippen LogP contribution in [0.15, 0.2) is 30.3 Å². The molecule has 2 aromatic carbocycles. The summed E-state index contributed by atoms with van der Waals surface area (Å²) in [5, 5.41) is 5.59. The molecule has 9 heteroatoms. The number of urea groups is 1. The van der Waals surface area contributed by atoms with Crippen LogP contribution in [0.3, 0.4) is 0 Å². The Morgan fingerprint density at radius 2 is 1.66 bits per heavy atom. The molecule has 190 valence electrons. The zero-order chi connectivity index (χ0) is 25.8. The SMILES string of the molecule is COc1cc(NC(=O)Nc2ccc3c(c2)OCC(C)(C)C(=O)N3CCC(C)C)cc(OC)c1OC. The minimum Gasteiger partial charge on any atom is -0.493 e. The number of carbonyl (C=O) groups is 2. The number of methoxy groups -OCH3 is 3. The summed E-state index contributed by atoms with van der Waals surface area (Å²) in [5.74, 6) is 2.32. The fourth-order valence-corrected chi connectivity index (χ4v) is 3.78.